The van der Waals surface area contributed by atoms with Crippen LogP contribution in [0.15, 0.2) is 48.5 Å². The molecular weight excluding hydrogens is 363 g/mol. The predicted molar refractivity (Wildman–Crippen MR) is 98.7 cm³/mol. The van der Waals surface area contributed by atoms with Crippen molar-refractivity contribution in [3.63, 3.8) is 0 Å². The van der Waals surface area contributed by atoms with Gasteiger partial charge in [-0.05, 0) is 37.6 Å². The number of thioether (sulfide) groups is 1. The van der Waals surface area contributed by atoms with Crippen LogP contribution in [0, 0.1) is 6.92 Å². The fourth-order valence-electron chi connectivity index (χ4n) is 2.24. The number of amides is 1. The van der Waals surface area contributed by atoms with Gasteiger partial charge >= 0.3 is 6.18 Å². The highest BCUT2D eigenvalue weighted by Gasteiger charge is 2.33. The smallest absolute Gasteiger partial charge is 0.418 e. The third-order valence-electron chi connectivity index (χ3n) is 3.66. The summed E-state index contributed by atoms with van der Waals surface area (Å²) in [6.07, 6.45) is -4.51. The van der Waals surface area contributed by atoms with Crippen LogP contribution in [-0.2, 0) is 11.0 Å². The number of alkyl halides is 3. The zero-order valence-corrected chi connectivity index (χ0v) is 15.3. The van der Waals surface area contributed by atoms with Gasteiger partial charge < -0.3 is 10.1 Å². The summed E-state index contributed by atoms with van der Waals surface area (Å²) in [4.78, 5) is 12.2. The predicted octanol–water partition coefficient (Wildman–Crippen LogP) is 5.15. The molecular formula is C19H20F3NO2S. The van der Waals surface area contributed by atoms with Gasteiger partial charge in [-0.25, -0.2) is 0 Å². The molecule has 0 aromatic heterocycles. The fourth-order valence-corrected chi connectivity index (χ4v) is 2.99. The number of halogens is 3. The minimum atomic E-state index is -4.51. The molecule has 1 unspecified atom stereocenters. The van der Waals surface area contributed by atoms with E-state index in [1.165, 1.54) is 30.0 Å². The summed E-state index contributed by atoms with van der Waals surface area (Å²) >= 11 is 1.32. The molecule has 0 fully saturated rings. The average molecular weight is 383 g/mol. The Morgan fingerprint density at radius 3 is 2.50 bits per heavy atom. The number of aryl methyl sites for hydroxylation is 1. The summed E-state index contributed by atoms with van der Waals surface area (Å²) < 4.78 is 44.6. The number of nitrogens with one attached hydrogen (secondary N) is 1. The van der Waals surface area contributed by atoms with Gasteiger partial charge in [0.05, 0.1) is 23.1 Å². The molecule has 0 aliphatic carbocycles. The quantitative estimate of drug-likeness (QED) is 0.672. The van der Waals surface area contributed by atoms with Crippen LogP contribution < -0.4 is 10.1 Å². The van der Waals surface area contributed by atoms with Gasteiger partial charge in [0.2, 0.25) is 5.91 Å². The monoisotopic (exact) mass is 383 g/mol. The Hall–Kier alpha value is -2.15. The van der Waals surface area contributed by atoms with Gasteiger partial charge in [-0.1, -0.05) is 30.3 Å². The maximum absolute atomic E-state index is 13.0. The molecule has 140 valence electrons. The summed E-state index contributed by atoms with van der Waals surface area (Å²) in [5.74, 6) is 0.857. The number of carbonyl (C=O) groups is 1. The van der Waals surface area contributed by atoms with Gasteiger partial charge in [0.25, 0.3) is 0 Å². The summed E-state index contributed by atoms with van der Waals surface area (Å²) in [5.41, 5.74) is -0.0610. The molecule has 0 saturated heterocycles. The topological polar surface area (TPSA) is 38.3 Å². The zero-order valence-electron chi connectivity index (χ0n) is 14.5. The minimum Gasteiger partial charge on any atom is -0.492 e. The second-order valence-corrected chi connectivity index (χ2v) is 7.11. The molecule has 0 saturated carbocycles. The first-order chi connectivity index (χ1) is 12.3. The highest BCUT2D eigenvalue weighted by molar-refractivity contribution is 8.00. The van der Waals surface area contributed by atoms with Gasteiger partial charge in [0.1, 0.15) is 5.75 Å². The van der Waals surface area contributed by atoms with Crippen LogP contribution in [0.3, 0.4) is 0 Å². The lowest BCUT2D eigenvalue weighted by Gasteiger charge is -2.16. The fraction of sp³-hybridized carbons (Fsp3) is 0.316. The van der Waals surface area contributed by atoms with Crippen molar-refractivity contribution in [3.05, 3.63) is 59.7 Å². The van der Waals surface area contributed by atoms with E-state index in [0.29, 0.717) is 12.4 Å². The van der Waals surface area contributed by atoms with E-state index in [4.69, 9.17) is 4.74 Å². The van der Waals surface area contributed by atoms with Crippen molar-refractivity contribution < 1.29 is 22.7 Å². The molecule has 0 aliphatic heterocycles. The van der Waals surface area contributed by atoms with Crippen molar-refractivity contribution in [1.29, 1.82) is 0 Å². The van der Waals surface area contributed by atoms with Crippen molar-refractivity contribution in [3.8, 4) is 5.75 Å². The lowest BCUT2D eigenvalue weighted by atomic mass is 10.1. The second-order valence-electron chi connectivity index (χ2n) is 5.66. The first-order valence-corrected chi connectivity index (χ1v) is 9.11. The minimum absolute atomic E-state index is 0.228. The van der Waals surface area contributed by atoms with Crippen LogP contribution in [0.1, 0.15) is 18.1 Å². The van der Waals surface area contributed by atoms with E-state index in [-0.39, 0.29) is 5.69 Å². The van der Waals surface area contributed by atoms with Crippen LogP contribution in [0.5, 0.6) is 5.75 Å². The maximum Gasteiger partial charge on any atom is 0.418 e. The number of rotatable bonds is 7. The third kappa shape index (κ3) is 5.69. The normalized spacial score (nSPS) is 12.5. The van der Waals surface area contributed by atoms with Gasteiger partial charge in [0, 0.05) is 5.75 Å². The van der Waals surface area contributed by atoms with Crippen molar-refractivity contribution in [2.75, 3.05) is 17.7 Å². The molecule has 2 aromatic rings. The van der Waals surface area contributed by atoms with Crippen molar-refractivity contribution in [2.24, 2.45) is 0 Å². The zero-order chi connectivity index (χ0) is 19.2. The van der Waals surface area contributed by atoms with E-state index in [1.54, 1.807) is 6.92 Å². The van der Waals surface area contributed by atoms with Crippen molar-refractivity contribution in [2.45, 2.75) is 25.3 Å². The van der Waals surface area contributed by atoms with Crippen molar-refractivity contribution >= 4 is 23.4 Å². The molecule has 0 spiro atoms. The Morgan fingerprint density at radius 2 is 1.81 bits per heavy atom. The first kappa shape index (κ1) is 20.2. The first-order valence-electron chi connectivity index (χ1n) is 8.06. The maximum atomic E-state index is 13.0. The molecule has 7 heteroatoms. The SMILES string of the molecule is Cc1ccccc1OCCSC(C)C(=O)Nc1ccccc1C(F)(F)F. The molecule has 0 heterocycles. The summed E-state index contributed by atoms with van der Waals surface area (Å²) in [6, 6.07) is 12.5. The Bertz CT molecular complexity index is 750. The number of anilines is 1. The molecule has 2 aromatic carbocycles. The molecule has 0 aliphatic rings. The third-order valence-corrected chi connectivity index (χ3v) is 4.78. The summed E-state index contributed by atoms with van der Waals surface area (Å²) in [5, 5.41) is 1.86. The van der Waals surface area contributed by atoms with Crippen LogP contribution in [-0.4, -0.2) is 23.5 Å². The molecule has 1 atom stereocenters. The molecule has 2 rings (SSSR count). The standard InChI is InChI=1S/C19H20F3NO2S/c1-13-7-3-6-10-17(13)25-11-12-26-14(2)18(24)23-16-9-5-4-8-15(16)19(20,21)22/h3-10,14H,11-12H2,1-2H3,(H,23,24). The van der Waals surface area contributed by atoms with Crippen LogP contribution in [0.25, 0.3) is 0 Å². The Kier molecular flexibility index (Phi) is 6.97. The molecule has 1 N–H and O–H groups in total. The van der Waals surface area contributed by atoms with Crippen LogP contribution in [0.2, 0.25) is 0 Å². The number of hydrogen-bond donors (Lipinski definition) is 1. The number of carbonyl (C=O) groups excluding carboxylic acids is 1. The van der Waals surface area contributed by atoms with Crippen LogP contribution >= 0.6 is 11.8 Å². The Balaban J connectivity index is 1.84. The van der Waals surface area contributed by atoms with Crippen molar-refractivity contribution in [1.82, 2.24) is 0 Å². The molecule has 3 nitrogen and oxygen atoms in total. The van der Waals surface area contributed by atoms with E-state index in [2.05, 4.69) is 5.32 Å². The van der Waals surface area contributed by atoms with E-state index in [1.807, 2.05) is 31.2 Å². The lowest BCUT2D eigenvalue weighted by Crippen LogP contribution is -2.25. The van der Waals surface area contributed by atoms with Crippen LogP contribution in [0.4, 0.5) is 18.9 Å². The molecule has 0 bridgehead atoms. The van der Waals surface area contributed by atoms with E-state index < -0.39 is 22.9 Å². The van der Waals surface area contributed by atoms with Gasteiger partial charge in [-0.15, -0.1) is 11.8 Å². The Labute approximate surface area is 154 Å². The summed E-state index contributed by atoms with van der Waals surface area (Å²) in [7, 11) is 0. The van der Waals surface area contributed by atoms with Gasteiger partial charge in [0.15, 0.2) is 0 Å². The number of ether oxygens (including phenoxy) is 1. The van der Waals surface area contributed by atoms with E-state index >= 15 is 0 Å². The van der Waals surface area contributed by atoms with Gasteiger partial charge in [-0.3, -0.25) is 4.79 Å². The van der Waals surface area contributed by atoms with E-state index in [9.17, 15) is 18.0 Å². The number of para-hydroxylation sites is 2. The lowest BCUT2D eigenvalue weighted by molar-refractivity contribution is -0.137. The Morgan fingerprint density at radius 1 is 1.15 bits per heavy atom. The molecule has 1 amide bonds. The summed E-state index contributed by atoms with van der Waals surface area (Å²) in [6.45, 7) is 4.01. The number of hydrogen-bond acceptors (Lipinski definition) is 3. The van der Waals surface area contributed by atoms with Gasteiger partial charge in [-0.2, -0.15) is 13.2 Å². The largest absolute Gasteiger partial charge is 0.492 e. The van der Waals surface area contributed by atoms with E-state index in [0.717, 1.165) is 17.4 Å². The number of benzene rings is 2. The molecule has 26 heavy (non-hydrogen) atoms. The average Bonchev–Trinajstić information content (AvgIpc) is 2.59. The highest BCUT2D eigenvalue weighted by atomic mass is 32.2. The molecule has 0 radical (unpaired) electrons. The highest BCUT2D eigenvalue weighted by Crippen LogP contribution is 2.34. The second kappa shape index (κ2) is 8.98.